The summed E-state index contributed by atoms with van der Waals surface area (Å²) in [5, 5.41) is 6.12. The van der Waals surface area contributed by atoms with Gasteiger partial charge in [-0.25, -0.2) is 4.79 Å². The lowest BCUT2D eigenvalue weighted by Crippen LogP contribution is -2.36. The van der Waals surface area contributed by atoms with Gasteiger partial charge in [0.25, 0.3) is 0 Å². The molecule has 2 aromatic carbocycles. The molecule has 1 atom stereocenters. The van der Waals surface area contributed by atoms with E-state index in [0.29, 0.717) is 29.6 Å². The molecule has 0 radical (unpaired) electrons. The number of hydrogen-bond donors (Lipinski definition) is 2. The molecule has 1 heterocycles. The smallest absolute Gasteiger partial charge is 0.319 e. The summed E-state index contributed by atoms with van der Waals surface area (Å²) >= 11 is 6.32. The summed E-state index contributed by atoms with van der Waals surface area (Å²) in [6, 6.07) is 18.2. The van der Waals surface area contributed by atoms with E-state index in [2.05, 4.69) is 15.6 Å². The van der Waals surface area contributed by atoms with Gasteiger partial charge in [-0.05, 0) is 62.1 Å². The van der Waals surface area contributed by atoms with Crippen LogP contribution in [0.15, 0.2) is 66.9 Å². The van der Waals surface area contributed by atoms with Gasteiger partial charge in [-0.3, -0.25) is 4.98 Å². The van der Waals surface area contributed by atoms with Crippen molar-refractivity contribution < 1.29 is 14.3 Å². The first-order valence-electron chi connectivity index (χ1n) is 10.1. The van der Waals surface area contributed by atoms with Crippen LogP contribution in [0.3, 0.4) is 0 Å². The van der Waals surface area contributed by atoms with Crippen LogP contribution in [0.1, 0.15) is 17.3 Å². The van der Waals surface area contributed by atoms with E-state index in [-0.39, 0.29) is 12.1 Å². The van der Waals surface area contributed by atoms with Gasteiger partial charge < -0.3 is 25.0 Å². The highest BCUT2D eigenvalue weighted by Gasteiger charge is 2.16. The normalized spacial score (nSPS) is 11.7. The fraction of sp³-hybridized carbons (Fsp3) is 0.250. The van der Waals surface area contributed by atoms with Crippen molar-refractivity contribution >= 4 is 23.3 Å². The Bertz CT molecular complexity index is 1030. The number of methoxy groups -OCH3 is 1. The van der Waals surface area contributed by atoms with Crippen molar-refractivity contribution in [3.63, 3.8) is 0 Å². The summed E-state index contributed by atoms with van der Waals surface area (Å²) in [7, 11) is 5.57. The molecule has 7 nitrogen and oxygen atoms in total. The third-order valence-electron chi connectivity index (χ3n) is 4.85. The molecule has 0 saturated heterocycles. The van der Waals surface area contributed by atoms with Crippen LogP contribution in [0.25, 0.3) is 0 Å². The SMILES string of the molecule is COc1cccc(C(CNC(=O)Nc2ccc(OCc3ccccn3)c(Cl)c2)N(C)C)c1. The van der Waals surface area contributed by atoms with Crippen LogP contribution < -0.4 is 20.1 Å². The highest BCUT2D eigenvalue weighted by molar-refractivity contribution is 6.32. The average Bonchev–Trinajstić information content (AvgIpc) is 2.79. The Balaban J connectivity index is 1.56. The fourth-order valence-corrected chi connectivity index (χ4v) is 3.38. The molecular formula is C24H27ClN4O3. The molecule has 3 aromatic rings. The van der Waals surface area contributed by atoms with E-state index in [1.165, 1.54) is 0 Å². The van der Waals surface area contributed by atoms with Crippen molar-refractivity contribution in [2.45, 2.75) is 12.6 Å². The molecule has 0 fully saturated rings. The Morgan fingerprint density at radius 2 is 1.97 bits per heavy atom. The van der Waals surface area contributed by atoms with Crippen molar-refractivity contribution in [2.75, 3.05) is 33.1 Å². The minimum atomic E-state index is -0.321. The second kappa shape index (κ2) is 11.4. The first-order chi connectivity index (χ1) is 15.5. The summed E-state index contributed by atoms with van der Waals surface area (Å²) in [6.45, 7) is 0.731. The van der Waals surface area contributed by atoms with E-state index >= 15 is 0 Å². The molecule has 1 aromatic heterocycles. The first kappa shape index (κ1) is 23.4. The second-order valence-corrected chi connectivity index (χ2v) is 7.75. The minimum absolute atomic E-state index is 0.0122. The highest BCUT2D eigenvalue weighted by Crippen LogP contribution is 2.28. The Morgan fingerprint density at radius 3 is 2.66 bits per heavy atom. The average molecular weight is 455 g/mol. The summed E-state index contributed by atoms with van der Waals surface area (Å²) in [5.41, 5.74) is 2.42. The Labute approximate surface area is 193 Å². The van der Waals surface area contributed by atoms with Gasteiger partial charge >= 0.3 is 6.03 Å². The van der Waals surface area contributed by atoms with Gasteiger partial charge in [-0.1, -0.05) is 29.8 Å². The number of urea groups is 1. The lowest BCUT2D eigenvalue weighted by Gasteiger charge is -2.25. The van der Waals surface area contributed by atoms with E-state index in [1.54, 1.807) is 31.5 Å². The van der Waals surface area contributed by atoms with Crippen LogP contribution in [-0.2, 0) is 6.61 Å². The van der Waals surface area contributed by atoms with Crippen LogP contribution in [-0.4, -0.2) is 43.7 Å². The molecule has 2 amide bonds. The molecule has 0 bridgehead atoms. The number of aromatic nitrogens is 1. The van der Waals surface area contributed by atoms with E-state index in [9.17, 15) is 4.79 Å². The number of likely N-dealkylation sites (N-methyl/N-ethyl adjacent to an activating group) is 1. The number of pyridine rings is 1. The largest absolute Gasteiger partial charge is 0.497 e. The molecule has 3 rings (SSSR count). The number of ether oxygens (including phenoxy) is 2. The molecule has 8 heteroatoms. The molecule has 0 spiro atoms. The third kappa shape index (κ3) is 6.60. The van der Waals surface area contributed by atoms with Gasteiger partial charge in [0.1, 0.15) is 18.1 Å². The number of carbonyl (C=O) groups excluding carboxylic acids is 1. The van der Waals surface area contributed by atoms with Crippen molar-refractivity contribution in [1.29, 1.82) is 0 Å². The molecule has 0 saturated carbocycles. The monoisotopic (exact) mass is 454 g/mol. The van der Waals surface area contributed by atoms with E-state index in [1.807, 2.05) is 61.5 Å². The van der Waals surface area contributed by atoms with Crippen molar-refractivity contribution in [1.82, 2.24) is 15.2 Å². The Hall–Kier alpha value is -3.29. The van der Waals surface area contributed by atoms with Gasteiger partial charge in [0.2, 0.25) is 0 Å². The van der Waals surface area contributed by atoms with Crippen molar-refractivity contribution in [2.24, 2.45) is 0 Å². The number of nitrogens with zero attached hydrogens (tertiary/aromatic N) is 2. The number of carbonyl (C=O) groups is 1. The zero-order valence-corrected chi connectivity index (χ0v) is 19.1. The molecule has 32 heavy (non-hydrogen) atoms. The molecule has 1 unspecified atom stereocenters. The molecule has 0 aliphatic carbocycles. The summed E-state index contributed by atoms with van der Waals surface area (Å²) in [6.07, 6.45) is 1.71. The number of hydrogen-bond acceptors (Lipinski definition) is 5. The van der Waals surface area contributed by atoms with Crippen molar-refractivity contribution in [3.05, 3.63) is 83.1 Å². The Kier molecular flexibility index (Phi) is 8.30. The van der Waals surface area contributed by atoms with Crippen LogP contribution >= 0.6 is 11.6 Å². The quantitative estimate of drug-likeness (QED) is 0.488. The van der Waals surface area contributed by atoms with Gasteiger partial charge in [-0.2, -0.15) is 0 Å². The first-order valence-corrected chi connectivity index (χ1v) is 10.5. The minimum Gasteiger partial charge on any atom is -0.497 e. The summed E-state index contributed by atoms with van der Waals surface area (Å²) < 4.78 is 11.0. The maximum absolute atomic E-state index is 12.5. The van der Waals surface area contributed by atoms with Gasteiger partial charge in [0.15, 0.2) is 0 Å². The molecule has 0 aliphatic heterocycles. The van der Waals surface area contributed by atoms with E-state index in [0.717, 1.165) is 17.0 Å². The summed E-state index contributed by atoms with van der Waals surface area (Å²) in [5.74, 6) is 1.30. The number of benzene rings is 2. The maximum Gasteiger partial charge on any atom is 0.319 e. The standard InChI is InChI=1S/C24H27ClN4O3/c1-29(2)22(17-7-6-9-20(13-17)31-3)15-27-24(30)28-18-10-11-23(21(25)14-18)32-16-19-8-4-5-12-26-19/h4-14,22H,15-16H2,1-3H3,(H2,27,28,30). The van der Waals surface area contributed by atoms with Crippen LogP contribution in [0.5, 0.6) is 11.5 Å². The lowest BCUT2D eigenvalue weighted by atomic mass is 10.1. The lowest BCUT2D eigenvalue weighted by molar-refractivity contribution is 0.243. The predicted octanol–water partition coefficient (Wildman–Crippen LogP) is 4.75. The molecule has 0 aliphatic rings. The van der Waals surface area contributed by atoms with Crippen LogP contribution in [0, 0.1) is 0 Å². The van der Waals surface area contributed by atoms with Gasteiger partial charge in [0.05, 0.1) is 23.9 Å². The number of halogens is 1. The third-order valence-corrected chi connectivity index (χ3v) is 5.14. The zero-order valence-electron chi connectivity index (χ0n) is 18.3. The fourth-order valence-electron chi connectivity index (χ4n) is 3.14. The predicted molar refractivity (Wildman–Crippen MR) is 126 cm³/mol. The molecule has 2 N–H and O–H groups in total. The van der Waals surface area contributed by atoms with E-state index in [4.69, 9.17) is 21.1 Å². The Morgan fingerprint density at radius 1 is 1.12 bits per heavy atom. The number of nitrogens with one attached hydrogen (secondary N) is 2. The molecule has 168 valence electrons. The van der Waals surface area contributed by atoms with Gasteiger partial charge in [-0.15, -0.1) is 0 Å². The van der Waals surface area contributed by atoms with Crippen LogP contribution in [0.4, 0.5) is 10.5 Å². The highest BCUT2D eigenvalue weighted by atomic mass is 35.5. The zero-order chi connectivity index (χ0) is 22.9. The topological polar surface area (TPSA) is 75.7 Å². The number of anilines is 1. The van der Waals surface area contributed by atoms with Crippen molar-refractivity contribution in [3.8, 4) is 11.5 Å². The number of amides is 2. The van der Waals surface area contributed by atoms with Gasteiger partial charge in [0, 0.05) is 18.4 Å². The number of rotatable bonds is 9. The van der Waals surface area contributed by atoms with Crippen LogP contribution in [0.2, 0.25) is 5.02 Å². The summed E-state index contributed by atoms with van der Waals surface area (Å²) in [4.78, 5) is 18.7. The second-order valence-electron chi connectivity index (χ2n) is 7.35. The molecular weight excluding hydrogens is 428 g/mol. The maximum atomic E-state index is 12.5. The van der Waals surface area contributed by atoms with E-state index < -0.39 is 0 Å².